The lowest BCUT2D eigenvalue weighted by Gasteiger charge is -2.21. The molecule has 2 heterocycles. The Bertz CT molecular complexity index is 961. The van der Waals surface area contributed by atoms with E-state index in [0.29, 0.717) is 0 Å². The maximum absolute atomic E-state index is 11.8. The van der Waals surface area contributed by atoms with Crippen molar-refractivity contribution in [3.05, 3.63) is 0 Å². The Kier molecular flexibility index (Phi) is 8.61. The summed E-state index contributed by atoms with van der Waals surface area (Å²) in [5.74, 6) is 0.306. The highest BCUT2D eigenvalue weighted by atomic mass is 31.3. The molecule has 32 heavy (non-hydrogen) atoms. The molecule has 1 fully saturated rings. The summed E-state index contributed by atoms with van der Waals surface area (Å²) in [5.41, 5.74) is 11.7. The van der Waals surface area contributed by atoms with Crippen LogP contribution in [-0.4, -0.2) is 68.7 Å². The molecule has 0 aromatic carbocycles. The molecule has 1 aromatic rings. The van der Waals surface area contributed by atoms with Crippen LogP contribution in [0.3, 0.4) is 0 Å². The molecule has 0 radical (unpaired) electrons. The Morgan fingerprint density at radius 3 is 2.28 bits per heavy atom. The fourth-order valence-electron chi connectivity index (χ4n) is 2.59. The first-order chi connectivity index (χ1) is 14.6. The molecule has 5 unspecified atom stereocenters. The number of methoxy groups -OCH3 is 1. The topological polar surface area (TPSA) is 280 Å². The van der Waals surface area contributed by atoms with E-state index in [-0.39, 0.29) is 29.7 Å². The van der Waals surface area contributed by atoms with Gasteiger partial charge >= 0.3 is 23.5 Å². The predicted octanol–water partition coefficient (Wildman–Crippen LogP) is -0.432. The Morgan fingerprint density at radius 1 is 1.09 bits per heavy atom. The Morgan fingerprint density at radius 2 is 1.72 bits per heavy atom. The minimum atomic E-state index is -5.62. The lowest BCUT2D eigenvalue weighted by Crippen LogP contribution is -2.32. The molecular formula is C11H23N6O12P3. The number of nitrogen functional groups attached to an aromatic ring is 2. The van der Waals surface area contributed by atoms with Gasteiger partial charge in [0.15, 0.2) is 17.9 Å². The van der Waals surface area contributed by atoms with Crippen LogP contribution in [0.5, 0.6) is 0 Å². The molecule has 10 N–H and O–H groups in total. The van der Waals surface area contributed by atoms with Crippen molar-refractivity contribution in [1.82, 2.24) is 9.97 Å². The second-order valence-electron chi connectivity index (χ2n) is 6.16. The normalized spacial score (nSPS) is 25.1. The summed E-state index contributed by atoms with van der Waals surface area (Å²) in [7, 11) is -13.4. The average molecular weight is 524 g/mol. The van der Waals surface area contributed by atoms with Crippen LogP contribution in [0.15, 0.2) is 0 Å². The van der Waals surface area contributed by atoms with Crippen molar-refractivity contribution >= 4 is 46.7 Å². The summed E-state index contributed by atoms with van der Waals surface area (Å²) in [6, 6.07) is 0. The molecule has 21 heteroatoms. The van der Waals surface area contributed by atoms with Gasteiger partial charge in [0.05, 0.1) is 12.7 Å². The first-order valence-corrected chi connectivity index (χ1v) is 13.0. The minimum absolute atomic E-state index is 0.0813. The van der Waals surface area contributed by atoms with Crippen molar-refractivity contribution in [1.29, 1.82) is 0 Å². The van der Waals surface area contributed by atoms with E-state index in [1.165, 1.54) is 7.11 Å². The first kappa shape index (κ1) is 26.9. The number of aromatic nitrogens is 2. The molecule has 1 aromatic heterocycles. The second kappa shape index (κ2) is 10.3. The maximum atomic E-state index is 11.8. The summed E-state index contributed by atoms with van der Waals surface area (Å²) >= 11 is 0. The quantitative estimate of drug-likeness (QED) is 0.170. The number of phosphoric ester groups is 1. The third kappa shape index (κ3) is 7.88. The number of phosphoric acid groups is 3. The zero-order valence-electron chi connectivity index (χ0n) is 16.6. The van der Waals surface area contributed by atoms with E-state index in [1.54, 1.807) is 7.05 Å². The smallest absolute Gasteiger partial charge is 0.393 e. The van der Waals surface area contributed by atoms with Crippen LogP contribution in [0.2, 0.25) is 0 Å². The fourth-order valence-corrected chi connectivity index (χ4v) is 5.64. The SMILES string of the molecule is CNc1nc(N)nc(NC2OC(COP(=O)(O)OP(=O)(O)OP(=O)(O)O)CC2OC)c1N. The van der Waals surface area contributed by atoms with Gasteiger partial charge in [-0.05, 0) is 0 Å². The van der Waals surface area contributed by atoms with Gasteiger partial charge in [-0.2, -0.15) is 18.6 Å². The van der Waals surface area contributed by atoms with Crippen molar-refractivity contribution in [2.24, 2.45) is 0 Å². The highest BCUT2D eigenvalue weighted by Crippen LogP contribution is 2.66. The number of anilines is 4. The van der Waals surface area contributed by atoms with Crippen molar-refractivity contribution in [2.75, 3.05) is 42.9 Å². The van der Waals surface area contributed by atoms with E-state index in [2.05, 4.69) is 33.7 Å². The summed E-state index contributed by atoms with van der Waals surface area (Å²) in [6.07, 6.45) is -2.23. The predicted molar refractivity (Wildman–Crippen MR) is 108 cm³/mol. The third-order valence-electron chi connectivity index (χ3n) is 3.79. The standard InChI is InChI=1S/C11H23N6O12P3/c1-14-8-7(12)9(17-11(13)16-8)15-10-6(25-2)3-5(27-10)4-26-31(21,22)29-32(23,24)28-30(18,19)20/h5-6,10H,3-4,12H2,1-2H3,(H,21,22)(H,23,24)(H2,18,19,20)(H4,13,14,15,16,17). The van der Waals surface area contributed by atoms with E-state index in [1.807, 2.05) is 0 Å². The molecule has 18 nitrogen and oxygen atoms in total. The molecule has 1 aliphatic rings. The van der Waals surface area contributed by atoms with Gasteiger partial charge in [-0.25, -0.2) is 13.7 Å². The summed E-state index contributed by atoms with van der Waals surface area (Å²) < 4.78 is 56.6. The maximum Gasteiger partial charge on any atom is 0.490 e. The van der Waals surface area contributed by atoms with Gasteiger partial charge in [-0.3, -0.25) is 4.52 Å². The zero-order chi connectivity index (χ0) is 24.3. The molecule has 0 saturated carbocycles. The van der Waals surface area contributed by atoms with Gasteiger partial charge in [0, 0.05) is 20.6 Å². The van der Waals surface area contributed by atoms with Crippen LogP contribution >= 0.6 is 23.5 Å². The van der Waals surface area contributed by atoms with Gasteiger partial charge in [-0.15, -0.1) is 0 Å². The Labute approximate surface area is 181 Å². The second-order valence-corrected chi connectivity index (χ2v) is 10.6. The van der Waals surface area contributed by atoms with Crippen LogP contribution in [0.25, 0.3) is 0 Å². The summed E-state index contributed by atoms with van der Waals surface area (Å²) in [6.45, 7) is -0.634. The number of hydrogen-bond donors (Lipinski definition) is 8. The lowest BCUT2D eigenvalue weighted by atomic mass is 10.2. The van der Waals surface area contributed by atoms with Crippen LogP contribution < -0.4 is 22.1 Å². The van der Waals surface area contributed by atoms with Crippen molar-refractivity contribution in [2.45, 2.75) is 24.9 Å². The number of nitrogens with one attached hydrogen (secondary N) is 2. The summed E-state index contributed by atoms with van der Waals surface area (Å²) in [5, 5.41) is 5.61. The number of nitrogens with zero attached hydrogens (tertiary/aromatic N) is 2. The Balaban J connectivity index is 2.01. The van der Waals surface area contributed by atoms with Gasteiger partial charge < -0.3 is 51.1 Å². The molecule has 0 spiro atoms. The minimum Gasteiger partial charge on any atom is -0.393 e. The Hall–Kier alpha value is -1.39. The number of nitrogens with two attached hydrogens (primary N) is 2. The molecule has 1 saturated heterocycles. The van der Waals surface area contributed by atoms with Gasteiger partial charge in [0.2, 0.25) is 5.95 Å². The molecule has 2 rings (SSSR count). The highest BCUT2D eigenvalue weighted by molar-refractivity contribution is 7.66. The zero-order valence-corrected chi connectivity index (χ0v) is 19.3. The number of ether oxygens (including phenoxy) is 2. The van der Waals surface area contributed by atoms with Gasteiger partial charge in [-0.1, -0.05) is 0 Å². The fraction of sp³-hybridized carbons (Fsp3) is 0.636. The van der Waals surface area contributed by atoms with Crippen LogP contribution in [0.4, 0.5) is 23.3 Å². The molecule has 0 amide bonds. The first-order valence-electron chi connectivity index (χ1n) is 8.48. The molecular weight excluding hydrogens is 501 g/mol. The average Bonchev–Trinajstić information content (AvgIpc) is 3.01. The van der Waals surface area contributed by atoms with Crippen molar-refractivity contribution in [3.8, 4) is 0 Å². The highest BCUT2D eigenvalue weighted by Gasteiger charge is 2.42. The summed E-state index contributed by atoms with van der Waals surface area (Å²) in [4.78, 5) is 43.6. The number of rotatable bonds is 11. The van der Waals surface area contributed by atoms with Crippen molar-refractivity contribution in [3.63, 3.8) is 0 Å². The van der Waals surface area contributed by atoms with Gasteiger partial charge in [0.1, 0.15) is 11.8 Å². The molecule has 184 valence electrons. The van der Waals surface area contributed by atoms with Gasteiger partial charge in [0.25, 0.3) is 0 Å². The van der Waals surface area contributed by atoms with E-state index < -0.39 is 48.5 Å². The third-order valence-corrected chi connectivity index (χ3v) is 7.60. The lowest BCUT2D eigenvalue weighted by molar-refractivity contribution is -0.00476. The van der Waals surface area contributed by atoms with E-state index in [0.717, 1.165) is 0 Å². The van der Waals surface area contributed by atoms with Crippen LogP contribution in [-0.2, 0) is 36.3 Å². The molecule has 5 atom stereocenters. The number of hydrogen-bond acceptors (Lipinski definition) is 14. The van der Waals surface area contributed by atoms with E-state index >= 15 is 0 Å². The van der Waals surface area contributed by atoms with Crippen LogP contribution in [0.1, 0.15) is 6.42 Å². The largest absolute Gasteiger partial charge is 0.490 e. The van der Waals surface area contributed by atoms with Crippen LogP contribution in [0, 0.1) is 0 Å². The monoisotopic (exact) mass is 524 g/mol. The van der Waals surface area contributed by atoms with E-state index in [9.17, 15) is 18.6 Å². The molecule has 0 aliphatic carbocycles. The van der Waals surface area contributed by atoms with E-state index in [4.69, 9.17) is 35.6 Å². The molecule has 0 bridgehead atoms. The molecule has 1 aliphatic heterocycles. The van der Waals surface area contributed by atoms with Crippen molar-refractivity contribution < 1.29 is 55.9 Å².